The Balaban J connectivity index is 1.83. The molecule has 0 radical (unpaired) electrons. The number of hydrogen-bond acceptors (Lipinski definition) is 4. The van der Waals surface area contributed by atoms with E-state index in [9.17, 15) is 9.59 Å². The fourth-order valence-corrected chi connectivity index (χ4v) is 2.47. The molecule has 0 saturated heterocycles. The van der Waals surface area contributed by atoms with E-state index in [1.54, 1.807) is 38.4 Å². The number of methoxy groups -OCH3 is 1. The molecule has 2 aromatic carbocycles. The summed E-state index contributed by atoms with van der Waals surface area (Å²) in [5.41, 5.74) is 2.49. The molecule has 0 aromatic heterocycles. The van der Waals surface area contributed by atoms with E-state index in [0.29, 0.717) is 6.42 Å². The fourth-order valence-electron chi connectivity index (χ4n) is 2.24. The van der Waals surface area contributed by atoms with Crippen LogP contribution in [0, 0.1) is 0 Å². The second-order valence-electron chi connectivity index (χ2n) is 5.57. The average Bonchev–Trinajstić information content (AvgIpc) is 2.63. The molecule has 2 amide bonds. The number of amides is 2. The molecular weight excluding hydrogens is 350 g/mol. The first kappa shape index (κ1) is 19.4. The van der Waals surface area contributed by atoms with E-state index < -0.39 is 0 Å². The minimum atomic E-state index is -0.205. The standard InChI is InChI=1S/C19H21N3O3S/c1-20-17(23)11-13-3-7-15(8-4-13)21-19(26)22-18(24)12-14-5-9-16(25-2)10-6-14/h3-10H,11-12H2,1-2H3,(H,20,23)(H2,21,22,24,26). The van der Waals surface area contributed by atoms with Gasteiger partial charge in [0.1, 0.15) is 5.75 Å². The second kappa shape index (κ2) is 9.53. The maximum absolute atomic E-state index is 12.1. The first-order chi connectivity index (χ1) is 12.5. The molecule has 0 aliphatic carbocycles. The number of anilines is 1. The summed E-state index contributed by atoms with van der Waals surface area (Å²) in [6.45, 7) is 0. The van der Waals surface area contributed by atoms with Crippen LogP contribution in [-0.4, -0.2) is 31.1 Å². The van der Waals surface area contributed by atoms with Gasteiger partial charge in [0.05, 0.1) is 20.0 Å². The van der Waals surface area contributed by atoms with Crippen LogP contribution in [0.5, 0.6) is 5.75 Å². The lowest BCUT2D eigenvalue weighted by molar-refractivity contribution is -0.120. The van der Waals surface area contributed by atoms with Gasteiger partial charge < -0.3 is 20.7 Å². The van der Waals surface area contributed by atoms with Crippen LogP contribution in [0.15, 0.2) is 48.5 Å². The fraction of sp³-hybridized carbons (Fsp3) is 0.211. The predicted molar refractivity (Wildman–Crippen MR) is 105 cm³/mol. The van der Waals surface area contributed by atoms with Crippen LogP contribution in [0.3, 0.4) is 0 Å². The summed E-state index contributed by atoms with van der Waals surface area (Å²) in [7, 11) is 3.20. The van der Waals surface area contributed by atoms with Gasteiger partial charge in [-0.1, -0.05) is 24.3 Å². The van der Waals surface area contributed by atoms with E-state index in [-0.39, 0.29) is 23.3 Å². The Morgan fingerprint density at radius 1 is 0.923 bits per heavy atom. The van der Waals surface area contributed by atoms with Gasteiger partial charge in [0, 0.05) is 12.7 Å². The average molecular weight is 371 g/mol. The van der Waals surface area contributed by atoms with Crippen LogP contribution in [0.25, 0.3) is 0 Å². The highest BCUT2D eigenvalue weighted by molar-refractivity contribution is 7.80. The molecule has 0 spiro atoms. The summed E-state index contributed by atoms with van der Waals surface area (Å²) in [5, 5.41) is 8.40. The first-order valence-corrected chi connectivity index (χ1v) is 8.44. The molecule has 136 valence electrons. The summed E-state index contributed by atoms with van der Waals surface area (Å²) in [6.07, 6.45) is 0.538. The van der Waals surface area contributed by atoms with Gasteiger partial charge in [0.25, 0.3) is 0 Å². The van der Waals surface area contributed by atoms with Crippen molar-refractivity contribution in [1.29, 1.82) is 0 Å². The summed E-state index contributed by atoms with van der Waals surface area (Å²) >= 11 is 5.16. The van der Waals surface area contributed by atoms with Crippen molar-refractivity contribution in [2.45, 2.75) is 12.8 Å². The van der Waals surface area contributed by atoms with Crippen molar-refractivity contribution in [3.63, 3.8) is 0 Å². The maximum Gasteiger partial charge on any atom is 0.230 e. The number of rotatable bonds is 6. The third-order valence-corrected chi connectivity index (χ3v) is 3.84. The van der Waals surface area contributed by atoms with Gasteiger partial charge in [-0.05, 0) is 47.6 Å². The molecule has 2 rings (SSSR count). The number of likely N-dealkylation sites (N-methyl/N-ethyl adjacent to an activating group) is 1. The molecule has 0 fully saturated rings. The maximum atomic E-state index is 12.1. The third-order valence-electron chi connectivity index (χ3n) is 3.63. The van der Waals surface area contributed by atoms with E-state index in [4.69, 9.17) is 17.0 Å². The molecule has 0 bridgehead atoms. The van der Waals surface area contributed by atoms with E-state index in [1.165, 1.54) is 0 Å². The molecule has 0 saturated carbocycles. The lowest BCUT2D eigenvalue weighted by Crippen LogP contribution is -2.35. The molecule has 6 nitrogen and oxygen atoms in total. The SMILES string of the molecule is CNC(=O)Cc1ccc(NC(=S)NC(=O)Cc2ccc(OC)cc2)cc1. The third kappa shape index (κ3) is 6.18. The zero-order valence-electron chi connectivity index (χ0n) is 14.7. The van der Waals surface area contributed by atoms with Gasteiger partial charge in [-0.15, -0.1) is 0 Å². The highest BCUT2D eigenvalue weighted by Gasteiger charge is 2.07. The quantitative estimate of drug-likeness (QED) is 0.677. The van der Waals surface area contributed by atoms with Gasteiger partial charge in [0.15, 0.2) is 5.11 Å². The summed E-state index contributed by atoms with van der Waals surface area (Å²) in [6, 6.07) is 14.6. The molecule has 0 unspecified atom stereocenters. The number of nitrogens with one attached hydrogen (secondary N) is 3. The van der Waals surface area contributed by atoms with E-state index in [2.05, 4.69) is 16.0 Å². The van der Waals surface area contributed by atoms with Crippen LogP contribution in [0.1, 0.15) is 11.1 Å². The largest absolute Gasteiger partial charge is 0.497 e. The first-order valence-electron chi connectivity index (χ1n) is 8.03. The van der Waals surface area contributed by atoms with Gasteiger partial charge >= 0.3 is 0 Å². The summed E-state index contributed by atoms with van der Waals surface area (Å²) < 4.78 is 5.09. The number of carbonyl (C=O) groups excluding carboxylic acids is 2. The Bertz CT molecular complexity index is 774. The Labute approximate surface area is 157 Å². The number of carbonyl (C=O) groups is 2. The number of hydrogen-bond donors (Lipinski definition) is 3. The topological polar surface area (TPSA) is 79.5 Å². The minimum absolute atomic E-state index is 0.0491. The normalized spacial score (nSPS) is 9.92. The Morgan fingerprint density at radius 2 is 1.46 bits per heavy atom. The Morgan fingerprint density at radius 3 is 2.00 bits per heavy atom. The lowest BCUT2D eigenvalue weighted by Gasteiger charge is -2.10. The van der Waals surface area contributed by atoms with Crippen molar-refractivity contribution in [2.75, 3.05) is 19.5 Å². The molecule has 26 heavy (non-hydrogen) atoms. The van der Waals surface area contributed by atoms with Gasteiger partial charge in [-0.2, -0.15) is 0 Å². The molecule has 0 heterocycles. The van der Waals surface area contributed by atoms with Crippen molar-refractivity contribution in [1.82, 2.24) is 10.6 Å². The van der Waals surface area contributed by atoms with Crippen LogP contribution in [0.2, 0.25) is 0 Å². The van der Waals surface area contributed by atoms with Crippen LogP contribution < -0.4 is 20.7 Å². The van der Waals surface area contributed by atoms with Crippen molar-refractivity contribution in [3.05, 3.63) is 59.7 Å². The number of thiocarbonyl (C=S) groups is 1. The Kier molecular flexibility index (Phi) is 7.11. The van der Waals surface area contributed by atoms with Crippen LogP contribution >= 0.6 is 12.2 Å². The molecule has 2 aromatic rings. The molecule has 7 heteroatoms. The molecule has 3 N–H and O–H groups in total. The van der Waals surface area contributed by atoms with Crippen molar-refractivity contribution in [2.24, 2.45) is 0 Å². The van der Waals surface area contributed by atoms with Crippen molar-refractivity contribution < 1.29 is 14.3 Å². The van der Waals surface area contributed by atoms with Gasteiger partial charge in [-0.25, -0.2) is 0 Å². The van der Waals surface area contributed by atoms with E-state index in [0.717, 1.165) is 22.6 Å². The molecular formula is C19H21N3O3S. The smallest absolute Gasteiger partial charge is 0.230 e. The highest BCUT2D eigenvalue weighted by atomic mass is 32.1. The van der Waals surface area contributed by atoms with E-state index >= 15 is 0 Å². The van der Waals surface area contributed by atoms with Gasteiger partial charge in [0.2, 0.25) is 11.8 Å². The minimum Gasteiger partial charge on any atom is -0.497 e. The molecule has 0 atom stereocenters. The monoisotopic (exact) mass is 371 g/mol. The van der Waals surface area contributed by atoms with E-state index in [1.807, 2.05) is 24.3 Å². The van der Waals surface area contributed by atoms with Crippen LogP contribution in [-0.2, 0) is 22.4 Å². The van der Waals surface area contributed by atoms with Crippen LogP contribution in [0.4, 0.5) is 5.69 Å². The molecule has 0 aliphatic heterocycles. The number of benzene rings is 2. The predicted octanol–water partition coefficient (Wildman–Crippen LogP) is 2.04. The summed E-state index contributed by atoms with van der Waals surface area (Å²) in [4.78, 5) is 23.4. The number of ether oxygens (including phenoxy) is 1. The van der Waals surface area contributed by atoms with Gasteiger partial charge in [-0.3, -0.25) is 9.59 Å². The Hall–Kier alpha value is -2.93. The second-order valence-corrected chi connectivity index (χ2v) is 5.98. The highest BCUT2D eigenvalue weighted by Crippen LogP contribution is 2.12. The zero-order chi connectivity index (χ0) is 18.9. The van der Waals surface area contributed by atoms with Crippen molar-refractivity contribution >= 4 is 34.8 Å². The molecule has 0 aliphatic rings. The summed E-state index contributed by atoms with van der Waals surface area (Å²) in [5.74, 6) is 0.488. The lowest BCUT2D eigenvalue weighted by atomic mass is 10.1. The zero-order valence-corrected chi connectivity index (χ0v) is 15.5. The van der Waals surface area contributed by atoms with Crippen molar-refractivity contribution in [3.8, 4) is 5.75 Å².